The van der Waals surface area contributed by atoms with Crippen LogP contribution in [0.1, 0.15) is 31.2 Å². The third-order valence-electron chi connectivity index (χ3n) is 3.40. The molecule has 0 spiro atoms. The summed E-state index contributed by atoms with van der Waals surface area (Å²) >= 11 is 0. The van der Waals surface area contributed by atoms with Crippen LogP contribution < -0.4 is 0 Å². The highest BCUT2D eigenvalue weighted by atomic mass is 32.3. The fraction of sp³-hybridized carbons (Fsp3) is 0.500. The summed E-state index contributed by atoms with van der Waals surface area (Å²) in [5, 5.41) is 0. The van der Waals surface area contributed by atoms with E-state index in [4.69, 9.17) is 0 Å². The molecule has 1 aromatic rings. The first-order valence-corrected chi connectivity index (χ1v) is 7.05. The van der Waals surface area contributed by atoms with E-state index in [-0.39, 0.29) is 5.75 Å². The maximum Gasteiger partial charge on any atom is 0.303 e. The SMILES string of the molecule is O=S(=O)(F)CC1(c2ccccc2)CCCC1. The van der Waals surface area contributed by atoms with Crippen molar-refractivity contribution in [2.75, 3.05) is 5.75 Å². The molecule has 2 nitrogen and oxygen atoms in total. The minimum atomic E-state index is -4.41. The van der Waals surface area contributed by atoms with Gasteiger partial charge in [0.1, 0.15) is 0 Å². The zero-order chi connectivity index (χ0) is 11.6. The van der Waals surface area contributed by atoms with Crippen LogP contribution in [0.2, 0.25) is 0 Å². The van der Waals surface area contributed by atoms with Gasteiger partial charge in [0.05, 0.1) is 5.75 Å². The van der Waals surface area contributed by atoms with E-state index in [0.29, 0.717) is 0 Å². The van der Waals surface area contributed by atoms with Gasteiger partial charge in [-0.1, -0.05) is 43.2 Å². The Morgan fingerprint density at radius 2 is 1.69 bits per heavy atom. The number of hydrogen-bond acceptors (Lipinski definition) is 2. The zero-order valence-corrected chi connectivity index (χ0v) is 9.84. The van der Waals surface area contributed by atoms with E-state index >= 15 is 0 Å². The van der Waals surface area contributed by atoms with Crippen LogP contribution in [0.25, 0.3) is 0 Å². The van der Waals surface area contributed by atoms with Crippen LogP contribution >= 0.6 is 0 Å². The fourth-order valence-electron chi connectivity index (χ4n) is 2.69. The van der Waals surface area contributed by atoms with Gasteiger partial charge in [0.15, 0.2) is 0 Å². The van der Waals surface area contributed by atoms with Crippen molar-refractivity contribution in [3.8, 4) is 0 Å². The molecule has 1 aliphatic carbocycles. The number of benzene rings is 1. The van der Waals surface area contributed by atoms with Crippen molar-refractivity contribution < 1.29 is 12.3 Å². The van der Waals surface area contributed by atoms with Gasteiger partial charge in [0, 0.05) is 5.41 Å². The lowest BCUT2D eigenvalue weighted by molar-refractivity contribution is 0.466. The normalized spacial score (nSPS) is 19.8. The molecule has 0 bridgehead atoms. The lowest BCUT2D eigenvalue weighted by Crippen LogP contribution is -2.30. The van der Waals surface area contributed by atoms with E-state index in [0.717, 1.165) is 31.2 Å². The fourth-order valence-corrected chi connectivity index (χ4v) is 3.81. The van der Waals surface area contributed by atoms with Gasteiger partial charge in [-0.05, 0) is 18.4 Å². The molecule has 0 radical (unpaired) electrons. The Morgan fingerprint density at radius 1 is 1.12 bits per heavy atom. The predicted octanol–water partition coefficient (Wildman–Crippen LogP) is 2.80. The molecule has 0 unspecified atom stereocenters. The molecule has 4 heteroatoms. The summed E-state index contributed by atoms with van der Waals surface area (Å²) in [7, 11) is -4.41. The maximum atomic E-state index is 12.9. The standard InChI is InChI=1S/C12H15FO2S/c13-16(14,15)10-12(8-4-5-9-12)11-6-2-1-3-7-11/h1-3,6-7H,4-5,8-10H2. The number of rotatable bonds is 3. The van der Waals surface area contributed by atoms with Crippen LogP contribution in [0, 0.1) is 0 Å². The number of halogens is 1. The average molecular weight is 242 g/mol. The molecule has 0 aliphatic heterocycles. The van der Waals surface area contributed by atoms with Crippen LogP contribution in [-0.4, -0.2) is 14.2 Å². The first-order chi connectivity index (χ1) is 7.52. The van der Waals surface area contributed by atoms with Crippen molar-refractivity contribution in [2.24, 2.45) is 0 Å². The van der Waals surface area contributed by atoms with Crippen molar-refractivity contribution in [1.82, 2.24) is 0 Å². The monoisotopic (exact) mass is 242 g/mol. The van der Waals surface area contributed by atoms with Crippen LogP contribution in [0.5, 0.6) is 0 Å². The molecule has 1 saturated carbocycles. The second-order valence-corrected chi connectivity index (χ2v) is 5.90. The molecule has 0 aromatic heterocycles. The van der Waals surface area contributed by atoms with Gasteiger partial charge >= 0.3 is 10.2 Å². The van der Waals surface area contributed by atoms with Crippen molar-refractivity contribution in [1.29, 1.82) is 0 Å². The highest BCUT2D eigenvalue weighted by molar-refractivity contribution is 7.86. The third-order valence-corrected chi connectivity index (χ3v) is 4.29. The van der Waals surface area contributed by atoms with Crippen molar-refractivity contribution in [2.45, 2.75) is 31.1 Å². The van der Waals surface area contributed by atoms with Gasteiger partial charge in [-0.25, -0.2) is 0 Å². The second kappa shape index (κ2) is 4.17. The quantitative estimate of drug-likeness (QED) is 0.764. The molecular formula is C12H15FO2S. The molecule has 1 aliphatic rings. The van der Waals surface area contributed by atoms with Gasteiger partial charge in [-0.15, -0.1) is 3.89 Å². The van der Waals surface area contributed by atoms with Crippen LogP contribution in [-0.2, 0) is 15.6 Å². The molecule has 88 valence electrons. The summed E-state index contributed by atoms with van der Waals surface area (Å²) < 4.78 is 34.7. The molecule has 0 heterocycles. The number of hydrogen-bond donors (Lipinski definition) is 0. The largest absolute Gasteiger partial charge is 0.303 e. The van der Waals surface area contributed by atoms with Crippen LogP contribution in [0.15, 0.2) is 30.3 Å². The predicted molar refractivity (Wildman–Crippen MR) is 61.5 cm³/mol. The molecule has 0 amide bonds. The van der Waals surface area contributed by atoms with Gasteiger partial charge in [0.25, 0.3) is 0 Å². The van der Waals surface area contributed by atoms with Crippen LogP contribution in [0.3, 0.4) is 0 Å². The van der Waals surface area contributed by atoms with Crippen LogP contribution in [0.4, 0.5) is 3.89 Å². The topological polar surface area (TPSA) is 34.1 Å². The van der Waals surface area contributed by atoms with Crippen molar-refractivity contribution in [3.05, 3.63) is 35.9 Å². The summed E-state index contributed by atoms with van der Waals surface area (Å²) in [6, 6.07) is 9.43. The molecule has 1 fully saturated rings. The van der Waals surface area contributed by atoms with Crippen molar-refractivity contribution >= 4 is 10.2 Å². The summed E-state index contributed by atoms with van der Waals surface area (Å²) in [6.07, 6.45) is 3.48. The van der Waals surface area contributed by atoms with Gasteiger partial charge in [-0.2, -0.15) is 8.42 Å². The van der Waals surface area contributed by atoms with Gasteiger partial charge < -0.3 is 0 Å². The summed E-state index contributed by atoms with van der Waals surface area (Å²) in [5.41, 5.74) is 0.461. The Hall–Kier alpha value is -0.900. The Kier molecular flexibility index (Phi) is 3.02. The summed E-state index contributed by atoms with van der Waals surface area (Å²) in [6.45, 7) is 0. The van der Waals surface area contributed by atoms with E-state index in [1.165, 1.54) is 0 Å². The lowest BCUT2D eigenvalue weighted by atomic mass is 9.81. The summed E-state index contributed by atoms with van der Waals surface area (Å²) in [4.78, 5) is 0. The van der Waals surface area contributed by atoms with Gasteiger partial charge in [0.2, 0.25) is 0 Å². The highest BCUT2D eigenvalue weighted by Crippen LogP contribution is 2.42. The van der Waals surface area contributed by atoms with Gasteiger partial charge in [-0.3, -0.25) is 0 Å². The Bertz CT molecular complexity index is 447. The molecule has 16 heavy (non-hydrogen) atoms. The molecular weight excluding hydrogens is 227 g/mol. The van der Waals surface area contributed by atoms with E-state index in [2.05, 4.69) is 0 Å². The Labute approximate surface area is 95.7 Å². The molecule has 1 aromatic carbocycles. The molecule has 0 atom stereocenters. The first kappa shape index (κ1) is 11.6. The minimum absolute atomic E-state index is 0.371. The average Bonchev–Trinajstić information content (AvgIpc) is 2.66. The van der Waals surface area contributed by atoms with E-state index in [1.807, 2.05) is 30.3 Å². The Morgan fingerprint density at radius 3 is 2.19 bits per heavy atom. The first-order valence-electron chi connectivity index (χ1n) is 5.50. The Balaban J connectivity index is 2.37. The van der Waals surface area contributed by atoms with E-state index in [9.17, 15) is 12.3 Å². The van der Waals surface area contributed by atoms with Crippen molar-refractivity contribution in [3.63, 3.8) is 0 Å². The maximum absolute atomic E-state index is 12.9. The smallest absolute Gasteiger partial charge is 0.195 e. The molecule has 0 saturated heterocycles. The van der Waals surface area contributed by atoms with E-state index < -0.39 is 15.6 Å². The highest BCUT2D eigenvalue weighted by Gasteiger charge is 2.39. The lowest BCUT2D eigenvalue weighted by Gasteiger charge is -2.27. The second-order valence-electron chi connectivity index (χ2n) is 4.54. The molecule has 2 rings (SSSR count). The summed E-state index contributed by atoms with van der Waals surface area (Å²) in [5.74, 6) is -0.371. The van der Waals surface area contributed by atoms with E-state index in [1.54, 1.807) is 0 Å². The third kappa shape index (κ3) is 2.43. The zero-order valence-electron chi connectivity index (χ0n) is 9.02. The minimum Gasteiger partial charge on any atom is -0.195 e. The molecule has 0 N–H and O–H groups in total.